The molecule has 5 nitrogen and oxygen atoms in total. The van der Waals surface area contributed by atoms with Gasteiger partial charge in [-0.15, -0.1) is 0 Å². The maximum atomic E-state index is 4.08. The van der Waals surface area contributed by atoms with E-state index in [2.05, 4.69) is 31.0 Å². The van der Waals surface area contributed by atoms with Crippen molar-refractivity contribution in [2.75, 3.05) is 0 Å². The second-order valence-electron chi connectivity index (χ2n) is 5.59. The Kier molecular flexibility index (Phi) is 8.19. The van der Waals surface area contributed by atoms with E-state index in [1.807, 2.05) is 78.6 Å². The highest BCUT2D eigenvalue weighted by Gasteiger charge is 1.83. The van der Waals surface area contributed by atoms with Crippen molar-refractivity contribution in [1.82, 2.24) is 24.9 Å². The Morgan fingerprint density at radius 1 is 0.458 bits per heavy atom. The van der Waals surface area contributed by atoms with Gasteiger partial charge in [-0.25, -0.2) is 19.9 Å². The van der Waals surface area contributed by atoms with Crippen molar-refractivity contribution >= 4 is 0 Å². The highest BCUT2D eigenvalue weighted by atomic mass is 14.8. The smallest absolute Gasteiger partial charge is 0.125 e. The van der Waals surface area contributed by atoms with Gasteiger partial charge in [0.2, 0.25) is 0 Å². The molecule has 0 saturated carbocycles. The topological polar surface area (TPSA) is 64.5 Å². The monoisotopic (exact) mass is 323 g/mol. The van der Waals surface area contributed by atoms with Crippen LogP contribution in [0.2, 0.25) is 0 Å². The van der Waals surface area contributed by atoms with E-state index in [-0.39, 0.29) is 0 Å². The van der Waals surface area contributed by atoms with Gasteiger partial charge in [0.05, 0.1) is 0 Å². The summed E-state index contributed by atoms with van der Waals surface area (Å²) in [7, 11) is 0. The number of aromatic nitrogens is 5. The number of aryl methyl sites for hydroxylation is 6. The highest BCUT2D eigenvalue weighted by molar-refractivity contribution is 5.10. The molecule has 24 heavy (non-hydrogen) atoms. The molecule has 126 valence electrons. The van der Waals surface area contributed by atoms with Crippen molar-refractivity contribution in [3.8, 4) is 0 Å². The fourth-order valence-corrected chi connectivity index (χ4v) is 1.46. The molecule has 5 heteroatoms. The van der Waals surface area contributed by atoms with Gasteiger partial charge in [0.1, 0.15) is 11.6 Å². The predicted molar refractivity (Wildman–Crippen MR) is 96.7 cm³/mol. The lowest BCUT2D eigenvalue weighted by molar-refractivity contribution is 1.03. The van der Waals surface area contributed by atoms with Crippen LogP contribution in [0, 0.1) is 41.5 Å². The number of hydrogen-bond donors (Lipinski definition) is 0. The van der Waals surface area contributed by atoms with Crippen molar-refractivity contribution in [2.45, 2.75) is 41.5 Å². The molecule has 3 aromatic rings. The van der Waals surface area contributed by atoms with E-state index < -0.39 is 0 Å². The minimum absolute atomic E-state index is 0.829. The van der Waals surface area contributed by atoms with E-state index in [0.717, 1.165) is 28.5 Å². The molecule has 0 aliphatic rings. The number of rotatable bonds is 0. The Bertz CT molecular complexity index is 538. The largest absolute Gasteiger partial charge is 0.261 e. The fraction of sp³-hybridized carbons (Fsp3) is 0.316. The third kappa shape index (κ3) is 8.68. The third-order valence-electron chi connectivity index (χ3n) is 2.88. The lowest BCUT2D eigenvalue weighted by Crippen LogP contribution is -1.84. The first-order chi connectivity index (χ1) is 11.4. The van der Waals surface area contributed by atoms with Crippen molar-refractivity contribution in [3.05, 3.63) is 77.2 Å². The van der Waals surface area contributed by atoms with E-state index in [0.29, 0.717) is 0 Å². The van der Waals surface area contributed by atoms with Crippen molar-refractivity contribution in [3.63, 3.8) is 0 Å². The maximum Gasteiger partial charge on any atom is 0.125 e. The van der Waals surface area contributed by atoms with Crippen LogP contribution in [-0.4, -0.2) is 24.9 Å². The van der Waals surface area contributed by atoms with Crippen LogP contribution in [0.5, 0.6) is 0 Å². The molecule has 0 amide bonds. The summed E-state index contributed by atoms with van der Waals surface area (Å²) in [6.07, 6.45) is 9.10. The lowest BCUT2D eigenvalue weighted by atomic mass is 10.3. The summed E-state index contributed by atoms with van der Waals surface area (Å²) in [4.78, 5) is 19.9. The van der Waals surface area contributed by atoms with Gasteiger partial charge in [0.15, 0.2) is 0 Å². The van der Waals surface area contributed by atoms with Gasteiger partial charge in [-0.05, 0) is 64.3 Å². The normalized spacial score (nSPS) is 9.25. The zero-order valence-corrected chi connectivity index (χ0v) is 15.3. The Morgan fingerprint density at radius 2 is 0.833 bits per heavy atom. The standard InChI is InChI=1S/C7H9N.2C6H8N2/c1-6-3-4-7(2)8-5-6;2*1-5-3-7-6(2)8-4-5/h3-5H,1-2H3;2*3-4H,1-2H3. The number of nitrogens with zero attached hydrogens (tertiary/aromatic N) is 5. The van der Waals surface area contributed by atoms with Crippen LogP contribution in [0.4, 0.5) is 0 Å². The molecule has 3 aromatic heterocycles. The second kappa shape index (κ2) is 10.2. The summed E-state index contributed by atoms with van der Waals surface area (Å²) in [5, 5.41) is 0. The molecule has 0 spiro atoms. The highest BCUT2D eigenvalue weighted by Crippen LogP contribution is 1.94. The van der Waals surface area contributed by atoms with Crippen molar-refractivity contribution in [1.29, 1.82) is 0 Å². The van der Waals surface area contributed by atoms with Gasteiger partial charge >= 0.3 is 0 Å². The molecule has 0 aromatic carbocycles. The molecular weight excluding hydrogens is 298 g/mol. The molecule has 3 heterocycles. The minimum Gasteiger partial charge on any atom is -0.261 e. The Balaban J connectivity index is 0.000000180. The minimum atomic E-state index is 0.829. The molecule has 0 atom stereocenters. The SMILES string of the molecule is Cc1ccc(C)nc1.Cc1cnc(C)nc1.Cc1cnc(C)nc1. The van der Waals surface area contributed by atoms with Crippen LogP contribution < -0.4 is 0 Å². The molecule has 0 radical (unpaired) electrons. The maximum absolute atomic E-state index is 4.08. The third-order valence-corrected chi connectivity index (χ3v) is 2.88. The Morgan fingerprint density at radius 3 is 1.08 bits per heavy atom. The van der Waals surface area contributed by atoms with E-state index in [9.17, 15) is 0 Å². The van der Waals surface area contributed by atoms with Crippen LogP contribution in [0.25, 0.3) is 0 Å². The number of hydrogen-bond acceptors (Lipinski definition) is 5. The van der Waals surface area contributed by atoms with Gasteiger partial charge in [0.25, 0.3) is 0 Å². The quantitative estimate of drug-likeness (QED) is 0.628. The summed E-state index contributed by atoms with van der Waals surface area (Å²) < 4.78 is 0. The van der Waals surface area contributed by atoms with Crippen LogP contribution in [0.1, 0.15) is 34.0 Å². The summed E-state index contributed by atoms with van der Waals surface area (Å²) in [5.74, 6) is 1.66. The van der Waals surface area contributed by atoms with Gasteiger partial charge in [-0.1, -0.05) is 6.07 Å². The summed E-state index contributed by atoms with van der Waals surface area (Å²) in [6, 6.07) is 4.07. The zero-order valence-electron chi connectivity index (χ0n) is 15.3. The molecule has 3 rings (SSSR count). The summed E-state index contributed by atoms with van der Waals surface area (Å²) in [5.41, 5.74) is 4.51. The molecule has 0 bridgehead atoms. The zero-order chi connectivity index (χ0) is 17.9. The molecule has 0 saturated heterocycles. The van der Waals surface area contributed by atoms with Gasteiger partial charge in [0, 0.05) is 36.7 Å². The lowest BCUT2D eigenvalue weighted by Gasteiger charge is -1.89. The molecule has 0 N–H and O–H groups in total. The molecule has 0 aliphatic carbocycles. The van der Waals surface area contributed by atoms with E-state index >= 15 is 0 Å². The molecular formula is C19H25N5. The van der Waals surface area contributed by atoms with Crippen molar-refractivity contribution in [2.24, 2.45) is 0 Å². The van der Waals surface area contributed by atoms with Crippen molar-refractivity contribution < 1.29 is 0 Å². The second-order valence-corrected chi connectivity index (χ2v) is 5.59. The van der Waals surface area contributed by atoms with E-state index in [4.69, 9.17) is 0 Å². The fourth-order valence-electron chi connectivity index (χ4n) is 1.46. The Hall–Kier alpha value is -2.69. The van der Waals surface area contributed by atoms with Crippen LogP contribution in [0.3, 0.4) is 0 Å². The van der Waals surface area contributed by atoms with E-state index in [1.54, 1.807) is 0 Å². The van der Waals surface area contributed by atoms with Gasteiger partial charge in [-0.2, -0.15) is 0 Å². The van der Waals surface area contributed by atoms with Gasteiger partial charge in [-0.3, -0.25) is 4.98 Å². The first kappa shape index (κ1) is 19.4. The van der Waals surface area contributed by atoms with E-state index in [1.165, 1.54) is 5.56 Å². The average Bonchev–Trinajstić information content (AvgIpc) is 2.57. The van der Waals surface area contributed by atoms with Gasteiger partial charge < -0.3 is 0 Å². The first-order valence-electron chi connectivity index (χ1n) is 7.76. The molecule has 0 aliphatic heterocycles. The predicted octanol–water partition coefficient (Wildman–Crippen LogP) is 3.89. The van der Waals surface area contributed by atoms with Crippen LogP contribution >= 0.6 is 0 Å². The first-order valence-corrected chi connectivity index (χ1v) is 7.76. The average molecular weight is 323 g/mol. The van der Waals surface area contributed by atoms with Crippen LogP contribution in [0.15, 0.2) is 43.1 Å². The summed E-state index contributed by atoms with van der Waals surface area (Å²) in [6.45, 7) is 11.7. The molecule has 0 unspecified atom stereocenters. The summed E-state index contributed by atoms with van der Waals surface area (Å²) >= 11 is 0. The Labute approximate surface area is 144 Å². The van der Waals surface area contributed by atoms with Crippen LogP contribution in [-0.2, 0) is 0 Å². The molecule has 0 fully saturated rings. The number of pyridine rings is 1.